The molecule has 2 aromatic carbocycles. The fraction of sp³-hybridized carbons (Fsp3) is 0.500. The largest absolute Gasteiger partial charge is 0.465 e. The highest BCUT2D eigenvalue weighted by Gasteiger charge is 2.42. The van der Waals surface area contributed by atoms with Crippen LogP contribution in [0.5, 0.6) is 0 Å². The molecule has 0 spiro atoms. The summed E-state index contributed by atoms with van der Waals surface area (Å²) >= 11 is 0. The lowest BCUT2D eigenvalue weighted by atomic mass is 9.62. The highest BCUT2D eigenvalue weighted by molar-refractivity contribution is 5.89. The molecule has 2 aliphatic rings. The Hall–Kier alpha value is -2.17. The number of esters is 1. The van der Waals surface area contributed by atoms with Crippen LogP contribution in [0.4, 0.5) is 0 Å². The summed E-state index contributed by atoms with van der Waals surface area (Å²) in [5.41, 5.74) is 5.47. The molecule has 0 unspecified atom stereocenters. The van der Waals surface area contributed by atoms with Crippen molar-refractivity contribution in [1.29, 1.82) is 0 Å². The summed E-state index contributed by atoms with van der Waals surface area (Å²) in [7, 11) is 1.39. The van der Waals surface area contributed by atoms with E-state index in [2.05, 4.69) is 45.9 Å². The molecular formula is C26H32O4. The van der Waals surface area contributed by atoms with Gasteiger partial charge in [-0.15, -0.1) is 0 Å². The van der Waals surface area contributed by atoms with E-state index in [4.69, 9.17) is 14.2 Å². The van der Waals surface area contributed by atoms with Crippen LogP contribution in [0.2, 0.25) is 0 Å². The van der Waals surface area contributed by atoms with Crippen LogP contribution >= 0.6 is 0 Å². The zero-order valence-electron chi connectivity index (χ0n) is 18.7. The second-order valence-corrected chi connectivity index (χ2v) is 9.76. The number of carbonyl (C=O) groups is 1. The Morgan fingerprint density at radius 1 is 0.833 bits per heavy atom. The molecule has 0 N–H and O–H groups in total. The number of benzene rings is 2. The van der Waals surface area contributed by atoms with Crippen LogP contribution in [0.1, 0.15) is 79.6 Å². The Balaban J connectivity index is 1.83. The van der Waals surface area contributed by atoms with Gasteiger partial charge in [-0.2, -0.15) is 0 Å². The van der Waals surface area contributed by atoms with Crippen molar-refractivity contribution in [2.45, 2.75) is 63.6 Å². The molecule has 1 fully saturated rings. The van der Waals surface area contributed by atoms with E-state index in [1.807, 2.05) is 12.1 Å². The Morgan fingerprint density at radius 2 is 1.40 bits per heavy atom. The third-order valence-corrected chi connectivity index (χ3v) is 6.82. The quantitative estimate of drug-likeness (QED) is 0.633. The second kappa shape index (κ2) is 7.51. The maximum Gasteiger partial charge on any atom is 0.337 e. The van der Waals surface area contributed by atoms with Gasteiger partial charge in [0, 0.05) is 11.1 Å². The molecule has 1 aliphatic heterocycles. The molecule has 0 radical (unpaired) electrons. The SMILES string of the molecule is COC(=O)c1ccc(C2(c3ccc4c(c3)C(C)(C)CCC4(C)C)OCCCO2)cc1. The normalized spacial score (nSPS) is 21.5. The van der Waals surface area contributed by atoms with Gasteiger partial charge in [-0.05, 0) is 59.4 Å². The standard InChI is InChI=1S/C26H32O4/c1-24(2)13-14-25(3,4)22-17-20(11-12-21(22)24)26(29-15-6-16-30-26)19-9-7-18(8-10-19)23(27)28-5/h7-12,17H,6,13-16H2,1-5H3. The molecule has 0 atom stereocenters. The van der Waals surface area contributed by atoms with E-state index in [-0.39, 0.29) is 16.8 Å². The van der Waals surface area contributed by atoms with Crippen molar-refractivity contribution in [1.82, 2.24) is 0 Å². The van der Waals surface area contributed by atoms with Crippen molar-refractivity contribution in [3.05, 3.63) is 70.3 Å². The van der Waals surface area contributed by atoms with Gasteiger partial charge in [0.2, 0.25) is 5.79 Å². The number of rotatable bonds is 3. The van der Waals surface area contributed by atoms with Gasteiger partial charge in [0.1, 0.15) is 0 Å². The monoisotopic (exact) mass is 408 g/mol. The predicted octanol–water partition coefficient (Wildman–Crippen LogP) is 5.46. The van der Waals surface area contributed by atoms with Crippen LogP contribution in [0.3, 0.4) is 0 Å². The van der Waals surface area contributed by atoms with Crippen molar-refractivity contribution in [3.63, 3.8) is 0 Å². The molecule has 4 rings (SSSR count). The van der Waals surface area contributed by atoms with E-state index in [9.17, 15) is 4.79 Å². The number of ether oxygens (including phenoxy) is 3. The molecule has 2 aromatic rings. The zero-order valence-corrected chi connectivity index (χ0v) is 18.7. The molecule has 4 nitrogen and oxygen atoms in total. The number of carbonyl (C=O) groups excluding carboxylic acids is 1. The topological polar surface area (TPSA) is 44.8 Å². The molecule has 1 heterocycles. The first-order valence-electron chi connectivity index (χ1n) is 10.8. The lowest BCUT2D eigenvalue weighted by Gasteiger charge is -2.44. The van der Waals surface area contributed by atoms with Gasteiger partial charge < -0.3 is 14.2 Å². The molecule has 4 heteroatoms. The molecule has 1 aliphatic carbocycles. The van der Waals surface area contributed by atoms with Gasteiger partial charge >= 0.3 is 5.97 Å². The van der Waals surface area contributed by atoms with E-state index in [1.165, 1.54) is 24.7 Å². The summed E-state index contributed by atoms with van der Waals surface area (Å²) in [6.45, 7) is 10.6. The lowest BCUT2D eigenvalue weighted by molar-refractivity contribution is -0.249. The van der Waals surface area contributed by atoms with E-state index in [1.54, 1.807) is 12.1 Å². The average molecular weight is 409 g/mol. The third-order valence-electron chi connectivity index (χ3n) is 6.82. The van der Waals surface area contributed by atoms with Crippen molar-refractivity contribution < 1.29 is 19.0 Å². The molecule has 0 amide bonds. The molecule has 0 saturated carbocycles. The zero-order chi connectivity index (χ0) is 21.6. The minimum atomic E-state index is -0.959. The Morgan fingerprint density at radius 3 is 2.00 bits per heavy atom. The molecule has 0 bridgehead atoms. The second-order valence-electron chi connectivity index (χ2n) is 9.76. The first kappa shape index (κ1) is 21.1. The molecule has 0 aromatic heterocycles. The average Bonchev–Trinajstić information content (AvgIpc) is 2.77. The van der Waals surface area contributed by atoms with Crippen LogP contribution in [0.15, 0.2) is 42.5 Å². The van der Waals surface area contributed by atoms with E-state index < -0.39 is 5.79 Å². The van der Waals surface area contributed by atoms with Gasteiger partial charge in [0.15, 0.2) is 0 Å². The van der Waals surface area contributed by atoms with Crippen LogP contribution < -0.4 is 0 Å². The Bertz CT molecular complexity index is 934. The molecular weight excluding hydrogens is 376 g/mol. The van der Waals surface area contributed by atoms with E-state index in [0.29, 0.717) is 18.8 Å². The summed E-state index contributed by atoms with van der Waals surface area (Å²) in [6.07, 6.45) is 3.20. The summed E-state index contributed by atoms with van der Waals surface area (Å²) in [5.74, 6) is -1.31. The predicted molar refractivity (Wildman–Crippen MR) is 117 cm³/mol. The fourth-order valence-corrected chi connectivity index (χ4v) is 4.77. The third kappa shape index (κ3) is 3.46. The molecule has 30 heavy (non-hydrogen) atoms. The van der Waals surface area contributed by atoms with Gasteiger partial charge in [0.05, 0.1) is 25.9 Å². The lowest BCUT2D eigenvalue weighted by Crippen LogP contribution is -2.40. The summed E-state index contributed by atoms with van der Waals surface area (Å²) in [4.78, 5) is 11.9. The van der Waals surface area contributed by atoms with Crippen molar-refractivity contribution >= 4 is 5.97 Å². The fourth-order valence-electron chi connectivity index (χ4n) is 4.77. The summed E-state index contributed by atoms with van der Waals surface area (Å²) < 4.78 is 17.5. The molecule has 1 saturated heterocycles. The van der Waals surface area contributed by atoms with Crippen LogP contribution in [0.25, 0.3) is 0 Å². The summed E-state index contributed by atoms with van der Waals surface area (Å²) in [5, 5.41) is 0. The van der Waals surface area contributed by atoms with Gasteiger partial charge in [0.25, 0.3) is 0 Å². The number of fused-ring (bicyclic) bond motifs is 1. The van der Waals surface area contributed by atoms with E-state index in [0.717, 1.165) is 24.0 Å². The Labute approximate surface area is 179 Å². The van der Waals surface area contributed by atoms with Gasteiger partial charge in [-0.1, -0.05) is 52.0 Å². The van der Waals surface area contributed by atoms with Crippen LogP contribution in [-0.4, -0.2) is 26.3 Å². The maximum absolute atomic E-state index is 11.9. The highest BCUT2D eigenvalue weighted by atomic mass is 16.7. The first-order valence-corrected chi connectivity index (χ1v) is 10.8. The van der Waals surface area contributed by atoms with Crippen LogP contribution in [0, 0.1) is 0 Å². The van der Waals surface area contributed by atoms with E-state index >= 15 is 0 Å². The smallest absolute Gasteiger partial charge is 0.337 e. The maximum atomic E-state index is 11.9. The number of methoxy groups -OCH3 is 1. The highest BCUT2D eigenvalue weighted by Crippen LogP contribution is 2.48. The first-order chi connectivity index (χ1) is 14.2. The Kier molecular flexibility index (Phi) is 5.27. The summed E-state index contributed by atoms with van der Waals surface area (Å²) in [6, 6.07) is 14.1. The minimum Gasteiger partial charge on any atom is -0.465 e. The van der Waals surface area contributed by atoms with Gasteiger partial charge in [-0.25, -0.2) is 4.79 Å². The van der Waals surface area contributed by atoms with Gasteiger partial charge in [-0.3, -0.25) is 0 Å². The molecule has 160 valence electrons. The number of hydrogen-bond donors (Lipinski definition) is 0. The minimum absolute atomic E-state index is 0.103. The van der Waals surface area contributed by atoms with Crippen molar-refractivity contribution in [2.24, 2.45) is 0 Å². The van der Waals surface area contributed by atoms with Crippen molar-refractivity contribution in [2.75, 3.05) is 20.3 Å². The number of hydrogen-bond acceptors (Lipinski definition) is 4. The van der Waals surface area contributed by atoms with Crippen LogP contribution in [-0.2, 0) is 30.8 Å². The van der Waals surface area contributed by atoms with Crippen molar-refractivity contribution in [3.8, 4) is 0 Å².